The normalized spacial score (nSPS) is 12.6. The van der Waals surface area contributed by atoms with Crippen LogP contribution in [0.2, 0.25) is 0 Å². The number of aryl methyl sites for hydroxylation is 1. The third-order valence-corrected chi connectivity index (χ3v) is 3.55. The van der Waals surface area contributed by atoms with Gasteiger partial charge in [-0.05, 0) is 30.5 Å². The molecular formula is C14H17NS. The van der Waals surface area contributed by atoms with Gasteiger partial charge in [-0.25, -0.2) is 0 Å². The lowest BCUT2D eigenvalue weighted by atomic mass is 10.0. The summed E-state index contributed by atoms with van der Waals surface area (Å²) in [5.74, 6) is 0. The zero-order valence-electron chi connectivity index (χ0n) is 9.73. The maximum atomic E-state index is 3.54. The average molecular weight is 231 g/mol. The van der Waals surface area contributed by atoms with Gasteiger partial charge in [-0.1, -0.05) is 42.8 Å². The Morgan fingerprint density at radius 2 is 2.12 bits per heavy atom. The van der Waals surface area contributed by atoms with Crippen LogP contribution >= 0.6 is 11.3 Å². The van der Waals surface area contributed by atoms with Crippen molar-refractivity contribution in [2.24, 2.45) is 0 Å². The van der Waals surface area contributed by atoms with Gasteiger partial charge in [0.15, 0.2) is 0 Å². The fourth-order valence-electron chi connectivity index (χ4n) is 1.89. The molecular weight excluding hydrogens is 214 g/mol. The van der Waals surface area contributed by atoms with Gasteiger partial charge in [0.25, 0.3) is 0 Å². The van der Waals surface area contributed by atoms with Crippen molar-refractivity contribution in [3.05, 3.63) is 57.8 Å². The summed E-state index contributed by atoms with van der Waals surface area (Å²) in [5, 5.41) is 5.67. The molecule has 84 valence electrons. The predicted molar refractivity (Wildman–Crippen MR) is 71.0 cm³/mol. The second-order valence-corrected chi connectivity index (χ2v) is 4.90. The molecule has 0 amide bonds. The Hall–Kier alpha value is -1.12. The van der Waals surface area contributed by atoms with Gasteiger partial charge in [0.05, 0.1) is 6.04 Å². The van der Waals surface area contributed by atoms with Gasteiger partial charge in [-0.3, -0.25) is 0 Å². The highest BCUT2D eigenvalue weighted by Crippen LogP contribution is 2.26. The lowest BCUT2D eigenvalue weighted by Crippen LogP contribution is -2.21. The maximum absolute atomic E-state index is 3.54. The fraction of sp³-hybridized carbons (Fsp3) is 0.286. The first-order chi connectivity index (χ1) is 7.81. The molecule has 1 nitrogen and oxygen atoms in total. The highest BCUT2D eigenvalue weighted by atomic mass is 32.1. The topological polar surface area (TPSA) is 12.0 Å². The summed E-state index contributed by atoms with van der Waals surface area (Å²) in [5.41, 5.74) is 2.67. The molecule has 0 aliphatic carbocycles. The summed E-state index contributed by atoms with van der Waals surface area (Å²) in [7, 11) is 0. The molecule has 0 radical (unpaired) electrons. The van der Waals surface area contributed by atoms with Gasteiger partial charge in [-0.2, -0.15) is 0 Å². The molecule has 1 N–H and O–H groups in total. The van der Waals surface area contributed by atoms with Crippen LogP contribution in [0.1, 0.15) is 29.0 Å². The summed E-state index contributed by atoms with van der Waals surface area (Å²) < 4.78 is 0. The summed E-state index contributed by atoms with van der Waals surface area (Å²) in [6, 6.07) is 13.4. The molecule has 0 bridgehead atoms. The minimum absolute atomic E-state index is 0.338. The van der Waals surface area contributed by atoms with Gasteiger partial charge >= 0.3 is 0 Å². The zero-order valence-corrected chi connectivity index (χ0v) is 10.6. The van der Waals surface area contributed by atoms with Crippen LogP contribution in [0.5, 0.6) is 0 Å². The van der Waals surface area contributed by atoms with E-state index in [1.807, 2.05) is 11.3 Å². The number of nitrogens with one attached hydrogen (secondary N) is 1. The third-order valence-electron chi connectivity index (χ3n) is 2.61. The van der Waals surface area contributed by atoms with Crippen molar-refractivity contribution in [3.63, 3.8) is 0 Å². The molecule has 0 spiro atoms. The van der Waals surface area contributed by atoms with E-state index in [4.69, 9.17) is 0 Å². The molecule has 0 fully saturated rings. The molecule has 1 aromatic carbocycles. The highest BCUT2D eigenvalue weighted by Gasteiger charge is 2.13. The lowest BCUT2D eigenvalue weighted by Gasteiger charge is -2.17. The van der Waals surface area contributed by atoms with Gasteiger partial charge in [-0.15, -0.1) is 11.3 Å². The largest absolute Gasteiger partial charge is 0.306 e. The Morgan fingerprint density at radius 3 is 2.75 bits per heavy atom. The molecule has 0 saturated carbocycles. The van der Waals surface area contributed by atoms with Crippen LogP contribution < -0.4 is 5.32 Å². The number of rotatable bonds is 4. The molecule has 1 heterocycles. The van der Waals surface area contributed by atoms with Crippen molar-refractivity contribution in [2.75, 3.05) is 6.54 Å². The van der Waals surface area contributed by atoms with Crippen LogP contribution in [0.25, 0.3) is 0 Å². The second kappa shape index (κ2) is 5.28. The number of hydrogen-bond donors (Lipinski definition) is 1. The van der Waals surface area contributed by atoms with Gasteiger partial charge < -0.3 is 5.32 Å². The molecule has 0 aliphatic heterocycles. The van der Waals surface area contributed by atoms with Crippen molar-refractivity contribution in [1.82, 2.24) is 5.32 Å². The standard InChI is InChI=1S/C14H17NS/c1-3-15-14(13-8-5-9-16-13)12-7-4-6-11(2)10-12/h4-10,14-15H,3H2,1-2H3. The first kappa shape index (κ1) is 11.4. The monoisotopic (exact) mass is 231 g/mol. The van der Waals surface area contributed by atoms with Crippen molar-refractivity contribution >= 4 is 11.3 Å². The van der Waals surface area contributed by atoms with Crippen molar-refractivity contribution < 1.29 is 0 Å². The van der Waals surface area contributed by atoms with Gasteiger partial charge in [0, 0.05) is 4.88 Å². The van der Waals surface area contributed by atoms with Crippen LogP contribution in [-0.2, 0) is 0 Å². The van der Waals surface area contributed by atoms with E-state index >= 15 is 0 Å². The average Bonchev–Trinajstić information content (AvgIpc) is 2.79. The Balaban J connectivity index is 2.33. The molecule has 1 aromatic heterocycles. The Bertz CT molecular complexity index is 434. The van der Waals surface area contributed by atoms with E-state index in [0.29, 0.717) is 6.04 Å². The van der Waals surface area contributed by atoms with E-state index in [1.54, 1.807) is 0 Å². The molecule has 2 rings (SSSR count). The van der Waals surface area contributed by atoms with Gasteiger partial charge in [0.1, 0.15) is 0 Å². The smallest absolute Gasteiger partial charge is 0.0671 e. The Kier molecular flexibility index (Phi) is 3.75. The van der Waals surface area contributed by atoms with E-state index in [0.717, 1.165) is 6.54 Å². The quantitative estimate of drug-likeness (QED) is 0.845. The summed E-state index contributed by atoms with van der Waals surface area (Å²) in [4.78, 5) is 1.38. The molecule has 1 unspecified atom stereocenters. The summed E-state index contributed by atoms with van der Waals surface area (Å²) in [6.07, 6.45) is 0. The van der Waals surface area contributed by atoms with Gasteiger partial charge in [0.2, 0.25) is 0 Å². The minimum Gasteiger partial charge on any atom is -0.306 e. The van der Waals surface area contributed by atoms with E-state index in [2.05, 4.69) is 60.9 Å². The zero-order chi connectivity index (χ0) is 11.4. The van der Waals surface area contributed by atoms with Crippen LogP contribution in [-0.4, -0.2) is 6.54 Å². The van der Waals surface area contributed by atoms with Crippen LogP contribution in [0.15, 0.2) is 41.8 Å². The number of thiophene rings is 1. The van der Waals surface area contributed by atoms with Crippen molar-refractivity contribution in [2.45, 2.75) is 19.9 Å². The van der Waals surface area contributed by atoms with Crippen LogP contribution in [0.4, 0.5) is 0 Å². The first-order valence-electron chi connectivity index (χ1n) is 5.64. The van der Waals surface area contributed by atoms with E-state index < -0.39 is 0 Å². The van der Waals surface area contributed by atoms with E-state index in [9.17, 15) is 0 Å². The van der Waals surface area contributed by atoms with E-state index in [-0.39, 0.29) is 0 Å². The van der Waals surface area contributed by atoms with Crippen LogP contribution in [0.3, 0.4) is 0 Å². The predicted octanol–water partition coefficient (Wildman–Crippen LogP) is 3.76. The van der Waals surface area contributed by atoms with Crippen molar-refractivity contribution in [1.29, 1.82) is 0 Å². The summed E-state index contributed by atoms with van der Waals surface area (Å²) in [6.45, 7) is 5.27. The fourth-order valence-corrected chi connectivity index (χ4v) is 2.72. The number of benzene rings is 1. The van der Waals surface area contributed by atoms with E-state index in [1.165, 1.54) is 16.0 Å². The molecule has 0 saturated heterocycles. The Labute approximate surface area is 101 Å². The lowest BCUT2D eigenvalue weighted by molar-refractivity contribution is 0.639. The highest BCUT2D eigenvalue weighted by molar-refractivity contribution is 7.10. The molecule has 2 aromatic rings. The molecule has 2 heteroatoms. The maximum Gasteiger partial charge on any atom is 0.0671 e. The second-order valence-electron chi connectivity index (χ2n) is 3.92. The first-order valence-corrected chi connectivity index (χ1v) is 6.52. The molecule has 0 aliphatic rings. The number of hydrogen-bond acceptors (Lipinski definition) is 2. The molecule has 1 atom stereocenters. The SMILES string of the molecule is CCNC(c1cccc(C)c1)c1cccs1. The van der Waals surface area contributed by atoms with Crippen LogP contribution in [0, 0.1) is 6.92 Å². The summed E-state index contributed by atoms with van der Waals surface area (Å²) >= 11 is 1.81. The van der Waals surface area contributed by atoms with Crippen molar-refractivity contribution in [3.8, 4) is 0 Å². The minimum atomic E-state index is 0.338. The third kappa shape index (κ3) is 2.52. The Morgan fingerprint density at radius 1 is 1.25 bits per heavy atom. The molecule has 16 heavy (non-hydrogen) atoms.